The molecule has 3 amide bonds. The lowest BCUT2D eigenvalue weighted by Crippen LogP contribution is -2.28. The van der Waals surface area contributed by atoms with E-state index in [-0.39, 0.29) is 17.7 Å². The molecule has 4 rings (SSSR count). The predicted molar refractivity (Wildman–Crippen MR) is 126 cm³/mol. The third kappa shape index (κ3) is 4.22. The minimum Gasteiger partial charge on any atom is -0.494 e. The number of amides is 3. The summed E-state index contributed by atoms with van der Waals surface area (Å²) in [6, 6.07) is 15.7. The molecule has 0 spiro atoms. The summed E-state index contributed by atoms with van der Waals surface area (Å²) in [5.41, 5.74) is 2.10. The third-order valence-electron chi connectivity index (χ3n) is 5.35. The monoisotopic (exact) mass is 449 g/mol. The van der Waals surface area contributed by atoms with Crippen molar-refractivity contribution in [2.75, 3.05) is 35.8 Å². The Balaban J connectivity index is 1.57. The number of hydrogen-bond acceptors (Lipinski definition) is 5. The fraction of sp³-hybridized carbons (Fsp3) is 0.208. The van der Waals surface area contributed by atoms with E-state index in [4.69, 9.17) is 4.74 Å². The molecule has 1 aliphatic rings. The minimum atomic E-state index is -0.349. The number of ether oxygens (including phenoxy) is 1. The Kier molecular flexibility index (Phi) is 6.23. The molecular weight excluding hydrogens is 426 g/mol. The number of para-hydroxylation sites is 1. The molecule has 3 aromatic rings. The SMILES string of the molecule is COc1cc(NC(=O)c2ccccc2N(C)C(=O)c2cccs2)ccc1N1CCCC1=O. The van der Waals surface area contributed by atoms with Gasteiger partial charge in [0.05, 0.1) is 28.9 Å². The average molecular weight is 450 g/mol. The first kappa shape index (κ1) is 21.6. The van der Waals surface area contributed by atoms with Crippen molar-refractivity contribution >= 4 is 46.1 Å². The zero-order valence-corrected chi connectivity index (χ0v) is 18.6. The van der Waals surface area contributed by atoms with Gasteiger partial charge in [0.15, 0.2) is 0 Å². The Hall–Kier alpha value is -3.65. The van der Waals surface area contributed by atoms with Crippen molar-refractivity contribution in [3.05, 3.63) is 70.4 Å². The molecule has 164 valence electrons. The molecular formula is C24H23N3O4S. The highest BCUT2D eigenvalue weighted by Gasteiger charge is 2.25. The van der Waals surface area contributed by atoms with Crippen LogP contribution in [0.1, 0.15) is 32.9 Å². The van der Waals surface area contributed by atoms with Crippen molar-refractivity contribution in [1.82, 2.24) is 0 Å². The van der Waals surface area contributed by atoms with Gasteiger partial charge in [0.1, 0.15) is 5.75 Å². The van der Waals surface area contributed by atoms with Crippen LogP contribution in [-0.2, 0) is 4.79 Å². The lowest BCUT2D eigenvalue weighted by Gasteiger charge is -2.21. The molecule has 32 heavy (non-hydrogen) atoms. The van der Waals surface area contributed by atoms with Gasteiger partial charge < -0.3 is 19.9 Å². The van der Waals surface area contributed by atoms with Crippen LogP contribution in [0, 0.1) is 0 Å². The minimum absolute atomic E-state index is 0.0625. The summed E-state index contributed by atoms with van der Waals surface area (Å²) in [6.45, 7) is 0.652. The van der Waals surface area contributed by atoms with Gasteiger partial charge in [-0.2, -0.15) is 0 Å². The molecule has 1 N–H and O–H groups in total. The van der Waals surface area contributed by atoms with Crippen LogP contribution < -0.4 is 19.9 Å². The molecule has 0 aliphatic carbocycles. The third-order valence-corrected chi connectivity index (χ3v) is 6.21. The lowest BCUT2D eigenvalue weighted by atomic mass is 10.1. The number of nitrogens with zero attached hydrogens (tertiary/aromatic N) is 2. The Morgan fingerprint density at radius 3 is 2.62 bits per heavy atom. The van der Waals surface area contributed by atoms with E-state index in [1.165, 1.54) is 23.3 Å². The molecule has 2 aromatic carbocycles. The molecule has 1 saturated heterocycles. The fourth-order valence-corrected chi connectivity index (χ4v) is 4.41. The average Bonchev–Trinajstić information content (AvgIpc) is 3.50. The normalized spacial score (nSPS) is 13.2. The second kappa shape index (κ2) is 9.23. The van der Waals surface area contributed by atoms with E-state index in [1.54, 1.807) is 60.5 Å². The Bertz CT molecular complexity index is 1160. The van der Waals surface area contributed by atoms with Crippen molar-refractivity contribution in [2.24, 2.45) is 0 Å². The van der Waals surface area contributed by atoms with Crippen molar-refractivity contribution in [1.29, 1.82) is 0 Å². The summed E-state index contributed by atoms with van der Waals surface area (Å²) in [5, 5.41) is 4.71. The van der Waals surface area contributed by atoms with Crippen LogP contribution in [0.2, 0.25) is 0 Å². The molecule has 0 radical (unpaired) electrons. The first-order chi connectivity index (χ1) is 15.5. The second-order valence-corrected chi connectivity index (χ2v) is 8.30. The van der Waals surface area contributed by atoms with Gasteiger partial charge in [-0.1, -0.05) is 18.2 Å². The Morgan fingerprint density at radius 1 is 1.12 bits per heavy atom. The fourth-order valence-electron chi connectivity index (χ4n) is 3.71. The van der Waals surface area contributed by atoms with Gasteiger partial charge in [0.2, 0.25) is 5.91 Å². The Labute approximate surface area is 190 Å². The van der Waals surface area contributed by atoms with E-state index in [2.05, 4.69) is 5.32 Å². The maximum absolute atomic E-state index is 13.1. The predicted octanol–water partition coefficient (Wildman–Crippen LogP) is 4.41. The van der Waals surface area contributed by atoms with Crippen molar-refractivity contribution < 1.29 is 19.1 Å². The molecule has 8 heteroatoms. The highest BCUT2D eigenvalue weighted by Crippen LogP contribution is 2.34. The molecule has 0 atom stereocenters. The number of carbonyl (C=O) groups is 3. The topological polar surface area (TPSA) is 79.0 Å². The summed E-state index contributed by atoms with van der Waals surface area (Å²) >= 11 is 1.35. The van der Waals surface area contributed by atoms with Gasteiger partial charge in [-0.25, -0.2) is 0 Å². The van der Waals surface area contributed by atoms with Gasteiger partial charge in [0, 0.05) is 31.8 Å². The van der Waals surface area contributed by atoms with Crippen LogP contribution in [0.3, 0.4) is 0 Å². The van der Waals surface area contributed by atoms with Crippen LogP contribution >= 0.6 is 11.3 Å². The van der Waals surface area contributed by atoms with E-state index in [9.17, 15) is 14.4 Å². The molecule has 0 unspecified atom stereocenters. The van der Waals surface area contributed by atoms with Crippen LogP contribution in [0.25, 0.3) is 0 Å². The van der Waals surface area contributed by atoms with Crippen LogP contribution in [0.5, 0.6) is 5.75 Å². The Morgan fingerprint density at radius 2 is 1.94 bits per heavy atom. The number of hydrogen-bond donors (Lipinski definition) is 1. The van der Waals surface area contributed by atoms with E-state index in [1.807, 2.05) is 11.4 Å². The zero-order chi connectivity index (χ0) is 22.7. The highest BCUT2D eigenvalue weighted by atomic mass is 32.1. The molecule has 1 fully saturated rings. The van der Waals surface area contributed by atoms with E-state index >= 15 is 0 Å². The van der Waals surface area contributed by atoms with Gasteiger partial charge in [0.25, 0.3) is 11.8 Å². The van der Waals surface area contributed by atoms with E-state index in [0.29, 0.717) is 46.2 Å². The summed E-state index contributed by atoms with van der Waals surface area (Å²) in [6.07, 6.45) is 1.34. The number of rotatable bonds is 6. The number of carbonyl (C=O) groups excluding carboxylic acids is 3. The first-order valence-electron chi connectivity index (χ1n) is 10.2. The molecule has 0 saturated carbocycles. The number of thiophene rings is 1. The molecule has 0 bridgehead atoms. The van der Waals surface area contributed by atoms with Crippen LogP contribution in [-0.4, -0.2) is 38.4 Å². The maximum atomic E-state index is 13.1. The number of benzene rings is 2. The maximum Gasteiger partial charge on any atom is 0.268 e. The standard InChI is InChI=1S/C24H23N3O4S/c1-26(24(30)21-9-6-14-32-21)18-8-4-3-7-17(18)23(29)25-16-11-12-19(20(15-16)31-2)27-13-5-10-22(27)28/h3-4,6-9,11-12,14-15H,5,10,13H2,1-2H3,(H,25,29). The number of anilines is 3. The van der Waals surface area contributed by atoms with Gasteiger partial charge in [-0.3, -0.25) is 14.4 Å². The quantitative estimate of drug-likeness (QED) is 0.605. The highest BCUT2D eigenvalue weighted by molar-refractivity contribution is 7.12. The van der Waals surface area contributed by atoms with Crippen LogP contribution in [0.15, 0.2) is 60.0 Å². The molecule has 7 nitrogen and oxygen atoms in total. The molecule has 1 aliphatic heterocycles. The zero-order valence-electron chi connectivity index (χ0n) is 17.8. The molecule has 1 aromatic heterocycles. The largest absolute Gasteiger partial charge is 0.494 e. The second-order valence-electron chi connectivity index (χ2n) is 7.35. The summed E-state index contributed by atoms with van der Waals surface area (Å²) < 4.78 is 5.47. The number of methoxy groups -OCH3 is 1. The van der Waals surface area contributed by atoms with Crippen molar-refractivity contribution in [3.63, 3.8) is 0 Å². The van der Waals surface area contributed by atoms with Gasteiger partial charge in [-0.15, -0.1) is 11.3 Å². The lowest BCUT2D eigenvalue weighted by molar-refractivity contribution is -0.117. The van der Waals surface area contributed by atoms with Crippen molar-refractivity contribution in [2.45, 2.75) is 12.8 Å². The van der Waals surface area contributed by atoms with Gasteiger partial charge >= 0.3 is 0 Å². The smallest absolute Gasteiger partial charge is 0.268 e. The summed E-state index contributed by atoms with van der Waals surface area (Å²) in [4.78, 5) is 41.7. The van der Waals surface area contributed by atoms with Gasteiger partial charge in [-0.05, 0) is 42.1 Å². The molecule has 2 heterocycles. The number of nitrogens with one attached hydrogen (secondary N) is 1. The first-order valence-corrected chi connectivity index (χ1v) is 11.1. The van der Waals surface area contributed by atoms with E-state index < -0.39 is 0 Å². The van der Waals surface area contributed by atoms with E-state index in [0.717, 1.165) is 6.42 Å². The summed E-state index contributed by atoms with van der Waals surface area (Å²) in [7, 11) is 3.18. The van der Waals surface area contributed by atoms with Crippen LogP contribution in [0.4, 0.5) is 17.1 Å². The van der Waals surface area contributed by atoms with Crippen molar-refractivity contribution in [3.8, 4) is 5.75 Å². The summed E-state index contributed by atoms with van der Waals surface area (Å²) in [5.74, 6) is 0.0452.